The molecular weight excluding hydrogens is 328 g/mol. The number of hydrogen-bond donors (Lipinski definition) is 1. The van der Waals surface area contributed by atoms with Gasteiger partial charge in [0.05, 0.1) is 5.92 Å². The summed E-state index contributed by atoms with van der Waals surface area (Å²) in [5.74, 6) is 0.404. The van der Waals surface area contributed by atoms with Crippen molar-refractivity contribution in [2.75, 3.05) is 24.8 Å². The van der Waals surface area contributed by atoms with E-state index in [4.69, 9.17) is 19.0 Å². The lowest BCUT2D eigenvalue weighted by atomic mass is 10.1. The minimum absolute atomic E-state index is 0.104. The van der Waals surface area contributed by atoms with Gasteiger partial charge in [0, 0.05) is 37.7 Å². The highest BCUT2D eigenvalue weighted by Crippen LogP contribution is 2.37. The van der Waals surface area contributed by atoms with Crippen LogP contribution >= 0.6 is 0 Å². The molecule has 3 aliphatic heterocycles. The lowest BCUT2D eigenvalue weighted by Gasteiger charge is -2.23. The lowest BCUT2D eigenvalue weighted by Crippen LogP contribution is -2.37. The van der Waals surface area contributed by atoms with Gasteiger partial charge in [-0.25, -0.2) is 10.3 Å². The normalized spacial score (nSPS) is 25.3. The van der Waals surface area contributed by atoms with Crippen molar-refractivity contribution in [2.45, 2.75) is 32.0 Å². The van der Waals surface area contributed by atoms with Gasteiger partial charge in [-0.3, -0.25) is 9.59 Å². The van der Waals surface area contributed by atoms with E-state index in [0.29, 0.717) is 30.3 Å². The minimum Gasteiger partial charge on any atom is -0.454 e. The van der Waals surface area contributed by atoms with Crippen molar-refractivity contribution in [3.8, 4) is 11.5 Å². The fraction of sp³-hybridized carbons (Fsp3) is 0.529. The van der Waals surface area contributed by atoms with Crippen LogP contribution in [0.1, 0.15) is 25.7 Å². The van der Waals surface area contributed by atoms with Crippen molar-refractivity contribution < 1.29 is 28.6 Å². The molecule has 25 heavy (non-hydrogen) atoms. The van der Waals surface area contributed by atoms with Crippen molar-refractivity contribution in [1.29, 1.82) is 0 Å². The quantitative estimate of drug-likeness (QED) is 0.827. The highest BCUT2D eigenvalue weighted by molar-refractivity contribution is 6.00. The predicted molar refractivity (Wildman–Crippen MR) is 85.8 cm³/mol. The van der Waals surface area contributed by atoms with E-state index in [1.54, 1.807) is 23.1 Å². The Kier molecular flexibility index (Phi) is 4.46. The molecule has 2 atom stereocenters. The summed E-state index contributed by atoms with van der Waals surface area (Å²) in [6.07, 6.45) is 2.53. The second-order valence-corrected chi connectivity index (χ2v) is 6.32. The zero-order valence-electron chi connectivity index (χ0n) is 13.7. The van der Waals surface area contributed by atoms with Crippen LogP contribution in [0.5, 0.6) is 11.5 Å². The van der Waals surface area contributed by atoms with Crippen molar-refractivity contribution in [2.24, 2.45) is 5.92 Å². The Hall–Kier alpha value is -2.32. The first kappa shape index (κ1) is 16.2. The number of fused-ring (bicyclic) bond motifs is 1. The number of benzene rings is 1. The average Bonchev–Trinajstić information content (AvgIpc) is 3.26. The third kappa shape index (κ3) is 3.40. The molecule has 0 unspecified atom stereocenters. The average molecular weight is 348 g/mol. The van der Waals surface area contributed by atoms with Crippen LogP contribution in [0.2, 0.25) is 0 Å². The van der Waals surface area contributed by atoms with Crippen LogP contribution in [0.15, 0.2) is 18.2 Å². The SMILES string of the molecule is O=C(NO[C@@H]1CCCCO1)[C@@H]1CC(=O)N(c2ccc3c(c2)OCO3)C1. The highest BCUT2D eigenvalue weighted by Gasteiger charge is 2.36. The molecule has 134 valence electrons. The number of hydroxylamine groups is 1. The number of nitrogens with zero attached hydrogens (tertiary/aromatic N) is 1. The molecule has 0 bridgehead atoms. The molecule has 8 heteroatoms. The van der Waals surface area contributed by atoms with E-state index in [1.165, 1.54) is 0 Å². The summed E-state index contributed by atoms with van der Waals surface area (Å²) in [5, 5.41) is 0. The van der Waals surface area contributed by atoms with Crippen molar-refractivity contribution in [3.05, 3.63) is 18.2 Å². The fourth-order valence-electron chi connectivity index (χ4n) is 3.20. The number of nitrogens with one attached hydrogen (secondary N) is 1. The van der Waals surface area contributed by atoms with Gasteiger partial charge in [-0.2, -0.15) is 0 Å². The van der Waals surface area contributed by atoms with Crippen LogP contribution in [-0.2, 0) is 19.2 Å². The molecule has 0 saturated carbocycles. The first-order valence-electron chi connectivity index (χ1n) is 8.48. The first-order chi connectivity index (χ1) is 12.2. The van der Waals surface area contributed by atoms with E-state index in [2.05, 4.69) is 5.48 Å². The molecule has 3 heterocycles. The summed E-state index contributed by atoms with van der Waals surface area (Å²) in [6.45, 7) is 1.12. The van der Waals surface area contributed by atoms with Crippen LogP contribution in [0.25, 0.3) is 0 Å². The van der Waals surface area contributed by atoms with Crippen LogP contribution in [0.4, 0.5) is 5.69 Å². The minimum atomic E-state index is -0.457. The van der Waals surface area contributed by atoms with Crippen molar-refractivity contribution in [3.63, 3.8) is 0 Å². The van der Waals surface area contributed by atoms with Gasteiger partial charge < -0.3 is 19.1 Å². The molecule has 0 aliphatic carbocycles. The van der Waals surface area contributed by atoms with Crippen LogP contribution in [-0.4, -0.2) is 38.0 Å². The maximum atomic E-state index is 12.3. The Balaban J connectivity index is 1.35. The predicted octanol–water partition coefficient (Wildman–Crippen LogP) is 1.34. The second kappa shape index (κ2) is 6.89. The second-order valence-electron chi connectivity index (χ2n) is 6.32. The van der Waals surface area contributed by atoms with Gasteiger partial charge in [0.2, 0.25) is 18.6 Å². The molecule has 2 amide bonds. The van der Waals surface area contributed by atoms with Gasteiger partial charge >= 0.3 is 0 Å². The molecule has 2 saturated heterocycles. The van der Waals surface area contributed by atoms with E-state index in [0.717, 1.165) is 19.3 Å². The van der Waals surface area contributed by atoms with Crippen LogP contribution in [0.3, 0.4) is 0 Å². The van der Waals surface area contributed by atoms with E-state index in [-0.39, 0.29) is 25.0 Å². The largest absolute Gasteiger partial charge is 0.454 e. The molecule has 1 N–H and O–H groups in total. The van der Waals surface area contributed by atoms with E-state index < -0.39 is 12.2 Å². The number of rotatable bonds is 4. The van der Waals surface area contributed by atoms with Gasteiger partial charge in [0.25, 0.3) is 0 Å². The Morgan fingerprint density at radius 2 is 2.12 bits per heavy atom. The molecule has 0 spiro atoms. The topological polar surface area (TPSA) is 86.3 Å². The Bertz CT molecular complexity index is 673. The zero-order valence-corrected chi connectivity index (χ0v) is 13.7. The summed E-state index contributed by atoms with van der Waals surface area (Å²) in [4.78, 5) is 31.5. The third-order valence-corrected chi connectivity index (χ3v) is 4.59. The monoisotopic (exact) mass is 348 g/mol. The molecular formula is C17H20N2O6. The highest BCUT2D eigenvalue weighted by atomic mass is 16.8. The molecule has 0 radical (unpaired) electrons. The molecule has 4 rings (SSSR count). The zero-order chi connectivity index (χ0) is 17.2. The molecule has 1 aromatic rings. The van der Waals surface area contributed by atoms with Gasteiger partial charge in [-0.05, 0) is 25.0 Å². The van der Waals surface area contributed by atoms with Gasteiger partial charge in [-0.1, -0.05) is 0 Å². The number of hydrogen-bond acceptors (Lipinski definition) is 6. The molecule has 0 aromatic heterocycles. The van der Waals surface area contributed by atoms with E-state index in [9.17, 15) is 9.59 Å². The first-order valence-corrected chi connectivity index (χ1v) is 8.48. The van der Waals surface area contributed by atoms with Crippen molar-refractivity contribution in [1.82, 2.24) is 5.48 Å². The molecule has 2 fully saturated rings. The Morgan fingerprint density at radius 3 is 2.96 bits per heavy atom. The van der Waals surface area contributed by atoms with Gasteiger partial charge in [0.15, 0.2) is 17.8 Å². The molecule has 1 aromatic carbocycles. The van der Waals surface area contributed by atoms with Gasteiger partial charge in [-0.15, -0.1) is 0 Å². The number of ether oxygens (including phenoxy) is 3. The smallest absolute Gasteiger partial charge is 0.249 e. The maximum Gasteiger partial charge on any atom is 0.249 e. The summed E-state index contributed by atoms with van der Waals surface area (Å²) in [7, 11) is 0. The summed E-state index contributed by atoms with van der Waals surface area (Å²) in [6, 6.07) is 5.31. The van der Waals surface area contributed by atoms with Crippen LogP contribution < -0.4 is 19.9 Å². The summed E-state index contributed by atoms with van der Waals surface area (Å²) >= 11 is 0. The maximum absolute atomic E-state index is 12.3. The lowest BCUT2D eigenvalue weighted by molar-refractivity contribution is -0.201. The standard InChI is InChI=1S/C17H20N2O6/c20-15-7-11(17(21)18-25-16-3-1-2-6-22-16)9-19(15)12-4-5-13-14(8-12)24-10-23-13/h4-5,8,11,16H,1-3,6-7,9-10H2,(H,18,21)/t11-,16-/m1/s1. The Labute approximate surface area is 144 Å². The summed E-state index contributed by atoms with van der Waals surface area (Å²) in [5.41, 5.74) is 3.14. The number of anilines is 1. The Morgan fingerprint density at radius 1 is 1.24 bits per heavy atom. The van der Waals surface area contributed by atoms with E-state index >= 15 is 0 Å². The fourth-order valence-corrected chi connectivity index (χ4v) is 3.20. The third-order valence-electron chi connectivity index (χ3n) is 4.59. The van der Waals surface area contributed by atoms with Gasteiger partial charge in [0.1, 0.15) is 0 Å². The number of carbonyl (C=O) groups is 2. The summed E-state index contributed by atoms with van der Waals surface area (Å²) < 4.78 is 16.0. The number of amides is 2. The number of carbonyl (C=O) groups excluding carboxylic acids is 2. The molecule has 8 nitrogen and oxygen atoms in total. The van der Waals surface area contributed by atoms with Crippen LogP contribution in [0, 0.1) is 5.92 Å². The molecule has 3 aliphatic rings. The van der Waals surface area contributed by atoms with Crippen molar-refractivity contribution >= 4 is 17.5 Å². The van der Waals surface area contributed by atoms with E-state index in [1.807, 2.05) is 0 Å².